The standard InChI is InChI=1S/C18H26FN5O/c1-13-23-16(25-24-13)9-6-10-21-17(20-4)22-12-18(2,3)14-7-5-8-15(19)11-14/h5,7-8,11H,6,9-10,12H2,1-4H3,(H2,20,21,22). The average Bonchev–Trinajstić information content (AvgIpc) is 2.99. The first kappa shape index (κ1) is 18.9. The molecule has 0 unspecified atom stereocenters. The van der Waals surface area contributed by atoms with Gasteiger partial charge in [0, 0.05) is 32.0 Å². The number of nitrogens with one attached hydrogen (secondary N) is 2. The average molecular weight is 347 g/mol. The molecular weight excluding hydrogens is 321 g/mol. The van der Waals surface area contributed by atoms with Gasteiger partial charge in [-0.1, -0.05) is 31.1 Å². The van der Waals surface area contributed by atoms with E-state index in [4.69, 9.17) is 4.52 Å². The molecule has 0 radical (unpaired) electrons. The summed E-state index contributed by atoms with van der Waals surface area (Å²) in [7, 11) is 1.73. The lowest BCUT2D eigenvalue weighted by Gasteiger charge is -2.26. The largest absolute Gasteiger partial charge is 0.356 e. The zero-order valence-corrected chi connectivity index (χ0v) is 15.3. The van der Waals surface area contributed by atoms with E-state index in [1.807, 2.05) is 6.07 Å². The first-order chi connectivity index (χ1) is 11.9. The van der Waals surface area contributed by atoms with E-state index in [0.29, 0.717) is 24.2 Å². The maximum Gasteiger partial charge on any atom is 0.226 e. The molecule has 136 valence electrons. The molecule has 2 N–H and O–H groups in total. The summed E-state index contributed by atoms with van der Waals surface area (Å²) in [6.45, 7) is 7.32. The minimum Gasteiger partial charge on any atom is -0.356 e. The fraction of sp³-hybridized carbons (Fsp3) is 0.500. The highest BCUT2D eigenvalue weighted by Crippen LogP contribution is 2.22. The Labute approximate surface area is 147 Å². The van der Waals surface area contributed by atoms with E-state index in [1.54, 1.807) is 26.1 Å². The van der Waals surface area contributed by atoms with Crippen LogP contribution in [0, 0.1) is 12.7 Å². The smallest absolute Gasteiger partial charge is 0.226 e. The SMILES string of the molecule is CN=C(NCCCc1nc(C)no1)NCC(C)(C)c1cccc(F)c1. The van der Waals surface area contributed by atoms with Crippen LogP contribution in [0.4, 0.5) is 4.39 Å². The molecule has 1 aromatic carbocycles. The van der Waals surface area contributed by atoms with Gasteiger partial charge in [-0.25, -0.2) is 4.39 Å². The van der Waals surface area contributed by atoms with E-state index in [2.05, 4.69) is 39.6 Å². The first-order valence-electron chi connectivity index (χ1n) is 8.40. The molecule has 25 heavy (non-hydrogen) atoms. The van der Waals surface area contributed by atoms with Crippen LogP contribution in [0.3, 0.4) is 0 Å². The number of aryl methyl sites for hydroxylation is 2. The Bertz CT molecular complexity index is 711. The van der Waals surface area contributed by atoms with Crippen LogP contribution in [0.15, 0.2) is 33.8 Å². The number of benzene rings is 1. The molecule has 0 bridgehead atoms. The Kier molecular flexibility index (Phi) is 6.50. The number of halogens is 1. The third kappa shape index (κ3) is 5.85. The molecule has 0 aliphatic rings. The van der Waals surface area contributed by atoms with E-state index in [-0.39, 0.29) is 11.2 Å². The molecule has 0 fully saturated rings. The number of aromatic nitrogens is 2. The maximum atomic E-state index is 13.4. The molecular formula is C18H26FN5O. The molecule has 0 spiro atoms. The molecule has 0 atom stereocenters. The monoisotopic (exact) mass is 347 g/mol. The summed E-state index contributed by atoms with van der Waals surface area (Å²) in [5.74, 6) is 1.80. The minimum absolute atomic E-state index is 0.218. The summed E-state index contributed by atoms with van der Waals surface area (Å²) < 4.78 is 18.5. The van der Waals surface area contributed by atoms with Crippen molar-refractivity contribution in [3.05, 3.63) is 47.4 Å². The first-order valence-corrected chi connectivity index (χ1v) is 8.40. The number of hydrogen-bond acceptors (Lipinski definition) is 4. The molecule has 2 aromatic rings. The number of guanidine groups is 1. The summed E-state index contributed by atoms with van der Waals surface area (Å²) in [6, 6.07) is 6.70. The second-order valence-electron chi connectivity index (χ2n) is 6.59. The summed E-state index contributed by atoms with van der Waals surface area (Å²) in [5, 5.41) is 10.3. The van der Waals surface area contributed by atoms with E-state index >= 15 is 0 Å². The summed E-state index contributed by atoms with van der Waals surface area (Å²) >= 11 is 0. The van der Waals surface area contributed by atoms with Crippen LogP contribution in [-0.4, -0.2) is 36.2 Å². The van der Waals surface area contributed by atoms with Crippen LogP contribution < -0.4 is 10.6 Å². The summed E-state index contributed by atoms with van der Waals surface area (Å²) in [4.78, 5) is 8.39. The van der Waals surface area contributed by atoms with E-state index < -0.39 is 0 Å². The van der Waals surface area contributed by atoms with E-state index in [1.165, 1.54) is 6.07 Å². The van der Waals surface area contributed by atoms with Gasteiger partial charge in [0.25, 0.3) is 0 Å². The normalized spacial score (nSPS) is 12.3. The van der Waals surface area contributed by atoms with Gasteiger partial charge in [0.05, 0.1) is 0 Å². The van der Waals surface area contributed by atoms with Gasteiger partial charge in [-0.15, -0.1) is 0 Å². The van der Waals surface area contributed by atoms with Gasteiger partial charge in [0.2, 0.25) is 5.89 Å². The van der Waals surface area contributed by atoms with Crippen molar-refractivity contribution in [2.75, 3.05) is 20.1 Å². The van der Waals surface area contributed by atoms with E-state index in [0.717, 1.165) is 24.9 Å². The van der Waals surface area contributed by atoms with Crippen molar-refractivity contribution in [3.8, 4) is 0 Å². The molecule has 6 nitrogen and oxygen atoms in total. The van der Waals surface area contributed by atoms with Crippen molar-refractivity contribution in [2.45, 2.75) is 39.0 Å². The van der Waals surface area contributed by atoms with Crippen LogP contribution in [-0.2, 0) is 11.8 Å². The molecule has 0 amide bonds. The Morgan fingerprint density at radius 2 is 2.12 bits per heavy atom. The number of hydrogen-bond donors (Lipinski definition) is 2. The van der Waals surface area contributed by atoms with Gasteiger partial charge in [-0.3, -0.25) is 4.99 Å². The van der Waals surface area contributed by atoms with Crippen molar-refractivity contribution in [1.29, 1.82) is 0 Å². The van der Waals surface area contributed by atoms with Crippen molar-refractivity contribution < 1.29 is 8.91 Å². The quantitative estimate of drug-likeness (QED) is 0.457. The fourth-order valence-corrected chi connectivity index (χ4v) is 2.42. The van der Waals surface area contributed by atoms with Crippen molar-refractivity contribution in [1.82, 2.24) is 20.8 Å². The van der Waals surface area contributed by atoms with Crippen LogP contribution >= 0.6 is 0 Å². The lowest BCUT2D eigenvalue weighted by Crippen LogP contribution is -2.43. The Balaban J connectivity index is 1.77. The Morgan fingerprint density at radius 1 is 1.32 bits per heavy atom. The number of aliphatic imine (C=N–C) groups is 1. The molecule has 1 aromatic heterocycles. The molecule has 0 saturated heterocycles. The van der Waals surface area contributed by atoms with Crippen LogP contribution in [0.5, 0.6) is 0 Å². The maximum absolute atomic E-state index is 13.4. The van der Waals surface area contributed by atoms with Crippen LogP contribution in [0.25, 0.3) is 0 Å². The highest BCUT2D eigenvalue weighted by molar-refractivity contribution is 5.79. The molecule has 0 aliphatic heterocycles. The number of nitrogens with zero attached hydrogens (tertiary/aromatic N) is 3. The third-order valence-corrected chi connectivity index (χ3v) is 3.96. The van der Waals surface area contributed by atoms with Crippen molar-refractivity contribution >= 4 is 5.96 Å². The summed E-state index contributed by atoms with van der Waals surface area (Å²) in [6.07, 6.45) is 1.58. The van der Waals surface area contributed by atoms with Gasteiger partial charge in [-0.2, -0.15) is 4.98 Å². The minimum atomic E-state index is -0.221. The van der Waals surface area contributed by atoms with Crippen LogP contribution in [0.2, 0.25) is 0 Å². The van der Waals surface area contributed by atoms with Crippen molar-refractivity contribution in [3.63, 3.8) is 0 Å². The van der Waals surface area contributed by atoms with Gasteiger partial charge < -0.3 is 15.2 Å². The predicted molar refractivity (Wildman–Crippen MR) is 96.1 cm³/mol. The van der Waals surface area contributed by atoms with Gasteiger partial charge >= 0.3 is 0 Å². The predicted octanol–water partition coefficient (Wildman–Crippen LogP) is 2.59. The highest BCUT2D eigenvalue weighted by Gasteiger charge is 2.21. The molecule has 7 heteroatoms. The Hall–Kier alpha value is -2.44. The lowest BCUT2D eigenvalue weighted by atomic mass is 9.84. The van der Waals surface area contributed by atoms with Gasteiger partial charge in [0.1, 0.15) is 5.82 Å². The van der Waals surface area contributed by atoms with Gasteiger partial charge in [-0.05, 0) is 31.0 Å². The van der Waals surface area contributed by atoms with E-state index in [9.17, 15) is 4.39 Å². The molecule has 1 heterocycles. The lowest BCUT2D eigenvalue weighted by molar-refractivity contribution is 0.372. The third-order valence-electron chi connectivity index (χ3n) is 3.96. The fourth-order valence-electron chi connectivity index (χ4n) is 2.42. The highest BCUT2D eigenvalue weighted by atomic mass is 19.1. The summed E-state index contributed by atoms with van der Waals surface area (Å²) in [5.41, 5.74) is 0.725. The van der Waals surface area contributed by atoms with Gasteiger partial charge in [0.15, 0.2) is 11.8 Å². The Morgan fingerprint density at radius 3 is 2.76 bits per heavy atom. The zero-order chi connectivity index (χ0) is 18.3. The second kappa shape index (κ2) is 8.60. The molecule has 0 saturated carbocycles. The zero-order valence-electron chi connectivity index (χ0n) is 15.3. The van der Waals surface area contributed by atoms with Crippen LogP contribution in [0.1, 0.15) is 37.5 Å². The van der Waals surface area contributed by atoms with Crippen molar-refractivity contribution in [2.24, 2.45) is 4.99 Å². The topological polar surface area (TPSA) is 75.3 Å². The molecule has 0 aliphatic carbocycles. The molecule has 2 rings (SSSR count). The number of rotatable bonds is 7. The second-order valence-corrected chi connectivity index (χ2v) is 6.59.